The predicted octanol–water partition coefficient (Wildman–Crippen LogP) is 2.30. The highest BCUT2D eigenvalue weighted by molar-refractivity contribution is 5.90. The van der Waals surface area contributed by atoms with E-state index in [1.807, 2.05) is 42.6 Å². The summed E-state index contributed by atoms with van der Waals surface area (Å²) < 4.78 is 1.74. The van der Waals surface area contributed by atoms with Gasteiger partial charge in [-0.25, -0.2) is 0 Å². The number of carbonyl (C=O) groups excluding carboxylic acids is 1. The average molecular weight is 281 g/mol. The zero-order valence-electron chi connectivity index (χ0n) is 11.4. The number of anilines is 1. The van der Waals surface area contributed by atoms with Crippen molar-refractivity contribution < 1.29 is 4.79 Å². The number of nitrogens with one attached hydrogen (secondary N) is 2. The molecule has 0 unspecified atom stereocenters. The molecule has 0 fully saturated rings. The van der Waals surface area contributed by atoms with Crippen LogP contribution in [-0.2, 0) is 11.3 Å². The summed E-state index contributed by atoms with van der Waals surface area (Å²) in [4.78, 5) is 11.9. The van der Waals surface area contributed by atoms with Crippen LogP contribution in [0.15, 0.2) is 55.0 Å². The number of aryl methyl sites for hydroxylation is 1. The zero-order chi connectivity index (χ0) is 14.5. The average Bonchev–Trinajstić information content (AvgIpc) is 3.19. The molecular weight excluding hydrogens is 266 g/mol. The summed E-state index contributed by atoms with van der Waals surface area (Å²) in [5.41, 5.74) is 2.76. The summed E-state index contributed by atoms with van der Waals surface area (Å²) in [6.07, 6.45) is 5.64. The van der Waals surface area contributed by atoms with E-state index in [2.05, 4.69) is 20.6 Å². The Morgan fingerprint density at radius 3 is 2.71 bits per heavy atom. The van der Waals surface area contributed by atoms with Gasteiger partial charge >= 0.3 is 0 Å². The first-order valence-electron chi connectivity index (χ1n) is 6.68. The van der Waals surface area contributed by atoms with Crippen LogP contribution >= 0.6 is 0 Å². The smallest absolute Gasteiger partial charge is 0.226 e. The Bertz CT molecular complexity index is 686. The topological polar surface area (TPSA) is 75.6 Å². The first-order chi connectivity index (χ1) is 10.3. The maximum atomic E-state index is 11.9. The molecule has 0 radical (unpaired) electrons. The molecular formula is C15H15N5O. The van der Waals surface area contributed by atoms with E-state index in [1.54, 1.807) is 17.1 Å². The standard InChI is InChI=1S/C15H15N5O/c21-15(7-11-20-10-1-8-17-20)18-13-4-2-12(3-5-13)14-6-9-16-19-14/h1-6,8-10H,7,11H2,(H,16,19)(H,18,21). The summed E-state index contributed by atoms with van der Waals surface area (Å²) in [6.45, 7) is 0.574. The van der Waals surface area contributed by atoms with E-state index in [9.17, 15) is 4.79 Å². The molecule has 0 spiro atoms. The second kappa shape index (κ2) is 6.04. The van der Waals surface area contributed by atoms with Gasteiger partial charge in [-0.15, -0.1) is 0 Å². The van der Waals surface area contributed by atoms with Crippen LogP contribution in [0.5, 0.6) is 0 Å². The van der Waals surface area contributed by atoms with E-state index >= 15 is 0 Å². The monoisotopic (exact) mass is 281 g/mol. The molecule has 0 aliphatic rings. The van der Waals surface area contributed by atoms with E-state index in [4.69, 9.17) is 0 Å². The molecule has 0 aliphatic heterocycles. The minimum Gasteiger partial charge on any atom is -0.326 e. The third kappa shape index (κ3) is 3.36. The molecule has 2 N–H and O–H groups in total. The van der Waals surface area contributed by atoms with Crippen LogP contribution in [-0.4, -0.2) is 25.9 Å². The minimum absolute atomic E-state index is 0.0280. The molecule has 3 aromatic rings. The van der Waals surface area contributed by atoms with E-state index in [0.29, 0.717) is 13.0 Å². The van der Waals surface area contributed by atoms with Crippen molar-refractivity contribution in [3.8, 4) is 11.3 Å². The van der Waals surface area contributed by atoms with Gasteiger partial charge in [0.15, 0.2) is 0 Å². The Morgan fingerprint density at radius 2 is 2.05 bits per heavy atom. The molecule has 0 saturated carbocycles. The molecule has 6 nitrogen and oxygen atoms in total. The normalized spacial score (nSPS) is 10.5. The van der Waals surface area contributed by atoms with Crippen molar-refractivity contribution >= 4 is 11.6 Å². The van der Waals surface area contributed by atoms with Crippen LogP contribution in [0, 0.1) is 0 Å². The Balaban J connectivity index is 1.56. The molecule has 106 valence electrons. The fraction of sp³-hybridized carbons (Fsp3) is 0.133. The second-order valence-corrected chi connectivity index (χ2v) is 4.61. The third-order valence-electron chi connectivity index (χ3n) is 3.11. The first kappa shape index (κ1) is 13.1. The number of benzene rings is 1. The summed E-state index contributed by atoms with van der Waals surface area (Å²) >= 11 is 0. The number of H-pyrrole nitrogens is 1. The van der Waals surface area contributed by atoms with Gasteiger partial charge in [-0.3, -0.25) is 14.6 Å². The van der Waals surface area contributed by atoms with Gasteiger partial charge in [0.05, 0.1) is 5.69 Å². The van der Waals surface area contributed by atoms with Gasteiger partial charge in [0.25, 0.3) is 0 Å². The van der Waals surface area contributed by atoms with Crippen molar-refractivity contribution in [2.75, 3.05) is 5.32 Å². The molecule has 0 aliphatic carbocycles. The Hall–Kier alpha value is -2.89. The number of hydrogen-bond donors (Lipinski definition) is 2. The Kier molecular flexibility index (Phi) is 3.77. The Labute approximate surface area is 121 Å². The van der Waals surface area contributed by atoms with Gasteiger partial charge in [-0.2, -0.15) is 10.2 Å². The summed E-state index contributed by atoms with van der Waals surface area (Å²) in [5, 5.41) is 13.8. The fourth-order valence-corrected chi connectivity index (χ4v) is 2.02. The number of carbonyl (C=O) groups is 1. The zero-order valence-corrected chi connectivity index (χ0v) is 11.4. The van der Waals surface area contributed by atoms with Gasteiger partial charge < -0.3 is 5.32 Å². The minimum atomic E-state index is -0.0280. The predicted molar refractivity (Wildman–Crippen MR) is 79.5 cm³/mol. The Morgan fingerprint density at radius 1 is 1.19 bits per heavy atom. The lowest BCUT2D eigenvalue weighted by molar-refractivity contribution is -0.116. The lowest BCUT2D eigenvalue weighted by Gasteiger charge is -2.06. The maximum Gasteiger partial charge on any atom is 0.226 e. The quantitative estimate of drug-likeness (QED) is 0.753. The van der Waals surface area contributed by atoms with Crippen LogP contribution in [0.3, 0.4) is 0 Å². The summed E-state index contributed by atoms with van der Waals surface area (Å²) in [5.74, 6) is -0.0280. The lowest BCUT2D eigenvalue weighted by Crippen LogP contribution is -2.14. The molecule has 1 amide bonds. The van der Waals surface area contributed by atoms with E-state index in [1.165, 1.54) is 0 Å². The third-order valence-corrected chi connectivity index (χ3v) is 3.11. The van der Waals surface area contributed by atoms with Crippen LogP contribution in [0.2, 0.25) is 0 Å². The highest BCUT2D eigenvalue weighted by Crippen LogP contribution is 2.18. The number of rotatable bonds is 5. The molecule has 21 heavy (non-hydrogen) atoms. The van der Waals surface area contributed by atoms with Crippen molar-refractivity contribution in [2.45, 2.75) is 13.0 Å². The highest BCUT2D eigenvalue weighted by atomic mass is 16.1. The molecule has 0 atom stereocenters. The largest absolute Gasteiger partial charge is 0.326 e. The van der Waals surface area contributed by atoms with Gasteiger partial charge in [0.2, 0.25) is 5.91 Å². The second-order valence-electron chi connectivity index (χ2n) is 4.61. The van der Waals surface area contributed by atoms with Crippen molar-refractivity contribution in [1.29, 1.82) is 0 Å². The van der Waals surface area contributed by atoms with Gasteiger partial charge in [-0.1, -0.05) is 12.1 Å². The molecule has 3 rings (SSSR count). The van der Waals surface area contributed by atoms with E-state index < -0.39 is 0 Å². The van der Waals surface area contributed by atoms with E-state index in [-0.39, 0.29) is 5.91 Å². The van der Waals surface area contributed by atoms with Crippen LogP contribution in [0.4, 0.5) is 5.69 Å². The van der Waals surface area contributed by atoms with Gasteiger partial charge in [0, 0.05) is 37.2 Å². The van der Waals surface area contributed by atoms with Crippen molar-refractivity contribution in [3.63, 3.8) is 0 Å². The van der Waals surface area contributed by atoms with Crippen LogP contribution < -0.4 is 5.32 Å². The molecule has 1 aromatic carbocycles. The SMILES string of the molecule is O=C(CCn1cccn1)Nc1ccc(-c2ccn[nH]2)cc1. The fourth-order valence-electron chi connectivity index (χ4n) is 2.02. The number of amides is 1. The number of nitrogens with zero attached hydrogens (tertiary/aromatic N) is 3. The van der Waals surface area contributed by atoms with E-state index in [0.717, 1.165) is 16.9 Å². The summed E-state index contributed by atoms with van der Waals surface area (Å²) in [6, 6.07) is 11.4. The van der Waals surface area contributed by atoms with Gasteiger partial charge in [-0.05, 0) is 29.8 Å². The number of aromatic amines is 1. The van der Waals surface area contributed by atoms with Crippen LogP contribution in [0.1, 0.15) is 6.42 Å². The number of aromatic nitrogens is 4. The van der Waals surface area contributed by atoms with Gasteiger partial charge in [0.1, 0.15) is 0 Å². The molecule has 0 saturated heterocycles. The summed E-state index contributed by atoms with van der Waals surface area (Å²) in [7, 11) is 0. The first-order valence-corrected chi connectivity index (χ1v) is 6.68. The number of hydrogen-bond acceptors (Lipinski definition) is 3. The van der Waals surface area contributed by atoms with Crippen molar-refractivity contribution in [3.05, 3.63) is 55.0 Å². The maximum absolute atomic E-state index is 11.9. The highest BCUT2D eigenvalue weighted by Gasteiger charge is 2.04. The molecule has 0 bridgehead atoms. The molecule has 2 aromatic heterocycles. The molecule has 6 heteroatoms. The van der Waals surface area contributed by atoms with Crippen molar-refractivity contribution in [2.24, 2.45) is 0 Å². The van der Waals surface area contributed by atoms with Crippen molar-refractivity contribution in [1.82, 2.24) is 20.0 Å². The van der Waals surface area contributed by atoms with Crippen LogP contribution in [0.25, 0.3) is 11.3 Å². The lowest BCUT2D eigenvalue weighted by atomic mass is 10.1. The molecule has 2 heterocycles.